The van der Waals surface area contributed by atoms with E-state index in [1.165, 1.54) is 0 Å². The predicted octanol–water partition coefficient (Wildman–Crippen LogP) is 0.322. The van der Waals surface area contributed by atoms with E-state index in [-0.39, 0.29) is 0 Å². The smallest absolute Gasteiger partial charge is 0.00399 e. The zero-order chi connectivity index (χ0) is 8.97. The van der Waals surface area contributed by atoms with Crippen molar-refractivity contribution in [3.05, 3.63) is 0 Å². The second kappa shape index (κ2) is 4.80. The van der Waals surface area contributed by atoms with E-state index in [2.05, 4.69) is 0 Å². The third-order valence-electron chi connectivity index (χ3n) is 2.72. The van der Waals surface area contributed by atoms with Crippen molar-refractivity contribution in [3.8, 4) is 0 Å². The van der Waals surface area contributed by atoms with Crippen molar-refractivity contribution < 1.29 is 0 Å². The number of nitrogens with two attached hydrogens (primary N) is 3. The van der Waals surface area contributed by atoms with E-state index >= 15 is 0 Å². The van der Waals surface area contributed by atoms with Gasteiger partial charge in [-0.05, 0) is 38.5 Å². The van der Waals surface area contributed by atoms with Crippen LogP contribution in [0.25, 0.3) is 0 Å². The van der Waals surface area contributed by atoms with Gasteiger partial charge in [-0.1, -0.05) is 0 Å². The average molecular weight is 171 g/mol. The van der Waals surface area contributed by atoms with Gasteiger partial charge in [0.15, 0.2) is 0 Å². The molecular weight excluding hydrogens is 150 g/mol. The van der Waals surface area contributed by atoms with Gasteiger partial charge in [-0.25, -0.2) is 0 Å². The van der Waals surface area contributed by atoms with Crippen molar-refractivity contribution in [2.45, 2.75) is 56.7 Å². The highest BCUT2D eigenvalue weighted by Crippen LogP contribution is 2.14. The maximum Gasteiger partial charge on any atom is 0.00399 e. The summed E-state index contributed by atoms with van der Waals surface area (Å²) in [5, 5.41) is 0. The van der Waals surface area contributed by atoms with E-state index in [9.17, 15) is 0 Å². The molecule has 12 heavy (non-hydrogen) atoms. The first kappa shape index (κ1) is 9.96. The molecule has 0 aromatic heterocycles. The summed E-state index contributed by atoms with van der Waals surface area (Å²) in [7, 11) is 0. The second-order valence-electron chi connectivity index (χ2n) is 4.01. The van der Waals surface area contributed by atoms with Crippen LogP contribution < -0.4 is 17.2 Å². The molecular formula is C9H21N3. The summed E-state index contributed by atoms with van der Waals surface area (Å²) in [4.78, 5) is 0. The fourth-order valence-corrected chi connectivity index (χ4v) is 1.72. The molecule has 1 aliphatic rings. The number of hydrogen-bond acceptors (Lipinski definition) is 3. The van der Waals surface area contributed by atoms with Gasteiger partial charge in [0.2, 0.25) is 0 Å². The molecule has 3 heteroatoms. The third-order valence-corrected chi connectivity index (χ3v) is 2.72. The maximum atomic E-state index is 5.89. The van der Waals surface area contributed by atoms with Crippen LogP contribution in [0, 0.1) is 0 Å². The van der Waals surface area contributed by atoms with E-state index in [4.69, 9.17) is 17.2 Å². The van der Waals surface area contributed by atoms with Crippen molar-refractivity contribution in [3.63, 3.8) is 0 Å². The zero-order valence-electron chi connectivity index (χ0n) is 7.71. The van der Waals surface area contributed by atoms with Crippen molar-refractivity contribution >= 4 is 0 Å². The summed E-state index contributed by atoms with van der Waals surface area (Å²) in [6.45, 7) is 0. The van der Waals surface area contributed by atoms with E-state index in [1.54, 1.807) is 0 Å². The monoisotopic (exact) mass is 171 g/mol. The average Bonchev–Trinajstić information content (AvgIpc) is 2.11. The minimum absolute atomic E-state index is 0.320. The van der Waals surface area contributed by atoms with E-state index in [0.29, 0.717) is 18.1 Å². The van der Waals surface area contributed by atoms with Crippen molar-refractivity contribution in [1.29, 1.82) is 0 Å². The molecule has 0 aliphatic heterocycles. The van der Waals surface area contributed by atoms with Gasteiger partial charge < -0.3 is 17.2 Å². The Morgan fingerprint density at radius 2 is 0.667 bits per heavy atom. The van der Waals surface area contributed by atoms with Gasteiger partial charge in [0, 0.05) is 18.1 Å². The molecule has 0 saturated heterocycles. The summed E-state index contributed by atoms with van der Waals surface area (Å²) in [5.41, 5.74) is 17.7. The molecule has 1 fully saturated rings. The van der Waals surface area contributed by atoms with E-state index in [0.717, 1.165) is 38.5 Å². The lowest BCUT2D eigenvalue weighted by Crippen LogP contribution is -2.25. The van der Waals surface area contributed by atoms with Gasteiger partial charge in [-0.2, -0.15) is 0 Å². The molecule has 1 saturated carbocycles. The van der Waals surface area contributed by atoms with Crippen LogP contribution in [0.3, 0.4) is 0 Å². The number of rotatable bonds is 0. The summed E-state index contributed by atoms with van der Waals surface area (Å²) in [6, 6.07) is 0.959. The van der Waals surface area contributed by atoms with Crippen molar-refractivity contribution in [1.82, 2.24) is 0 Å². The first-order valence-electron chi connectivity index (χ1n) is 4.95. The zero-order valence-corrected chi connectivity index (χ0v) is 7.71. The lowest BCUT2D eigenvalue weighted by molar-refractivity contribution is 0.502. The molecule has 0 radical (unpaired) electrons. The van der Waals surface area contributed by atoms with Gasteiger partial charge in [-0.15, -0.1) is 0 Å². The molecule has 72 valence electrons. The molecule has 0 aromatic carbocycles. The lowest BCUT2D eigenvalue weighted by atomic mass is 10.0. The van der Waals surface area contributed by atoms with Gasteiger partial charge in [0.05, 0.1) is 0 Å². The standard InChI is InChI=1S/C9H21N3/c10-7-1-2-8(11)5-6-9(12)4-3-7/h7-9H,1-6,10-12H2. The normalized spacial score (nSPS) is 39.8. The summed E-state index contributed by atoms with van der Waals surface area (Å²) >= 11 is 0. The quantitative estimate of drug-likeness (QED) is 0.491. The molecule has 0 bridgehead atoms. The Bertz CT molecular complexity index is 91.2. The van der Waals surface area contributed by atoms with Crippen LogP contribution in [0.1, 0.15) is 38.5 Å². The Balaban J connectivity index is 2.36. The minimum Gasteiger partial charge on any atom is -0.328 e. The molecule has 0 spiro atoms. The lowest BCUT2D eigenvalue weighted by Gasteiger charge is -2.11. The van der Waals surface area contributed by atoms with Crippen LogP contribution in [0.15, 0.2) is 0 Å². The molecule has 0 unspecified atom stereocenters. The molecule has 0 aromatic rings. The maximum absolute atomic E-state index is 5.89. The fraction of sp³-hybridized carbons (Fsp3) is 1.00. The SMILES string of the molecule is NC1CCC(N)CCC(N)CC1. The van der Waals surface area contributed by atoms with E-state index in [1.807, 2.05) is 0 Å². The van der Waals surface area contributed by atoms with Crippen LogP contribution in [0.5, 0.6) is 0 Å². The Morgan fingerprint density at radius 1 is 0.500 bits per heavy atom. The van der Waals surface area contributed by atoms with Gasteiger partial charge in [0.1, 0.15) is 0 Å². The Hall–Kier alpha value is -0.120. The molecule has 6 N–H and O–H groups in total. The van der Waals surface area contributed by atoms with Crippen LogP contribution >= 0.6 is 0 Å². The highest BCUT2D eigenvalue weighted by Gasteiger charge is 2.14. The first-order valence-corrected chi connectivity index (χ1v) is 4.95. The van der Waals surface area contributed by atoms with E-state index < -0.39 is 0 Å². The molecule has 0 atom stereocenters. The molecule has 0 amide bonds. The second-order valence-corrected chi connectivity index (χ2v) is 4.01. The summed E-state index contributed by atoms with van der Waals surface area (Å²) in [6.07, 6.45) is 6.38. The predicted molar refractivity (Wildman–Crippen MR) is 51.6 cm³/mol. The van der Waals surface area contributed by atoms with Crippen molar-refractivity contribution in [2.75, 3.05) is 0 Å². The van der Waals surface area contributed by atoms with Crippen LogP contribution in [0.2, 0.25) is 0 Å². The van der Waals surface area contributed by atoms with Crippen LogP contribution in [-0.2, 0) is 0 Å². The first-order chi connectivity index (χ1) is 5.68. The van der Waals surface area contributed by atoms with Gasteiger partial charge >= 0.3 is 0 Å². The molecule has 1 rings (SSSR count). The fourth-order valence-electron chi connectivity index (χ4n) is 1.72. The number of hydrogen-bond donors (Lipinski definition) is 3. The topological polar surface area (TPSA) is 78.1 Å². The Labute approximate surface area is 74.7 Å². The molecule has 1 aliphatic carbocycles. The molecule has 3 nitrogen and oxygen atoms in total. The third kappa shape index (κ3) is 3.52. The highest BCUT2D eigenvalue weighted by atomic mass is 14.7. The molecule has 0 heterocycles. The largest absolute Gasteiger partial charge is 0.328 e. The van der Waals surface area contributed by atoms with Gasteiger partial charge in [0.25, 0.3) is 0 Å². The summed E-state index contributed by atoms with van der Waals surface area (Å²) < 4.78 is 0. The minimum atomic E-state index is 0.320. The van der Waals surface area contributed by atoms with Gasteiger partial charge in [-0.3, -0.25) is 0 Å². The van der Waals surface area contributed by atoms with Crippen LogP contribution in [-0.4, -0.2) is 18.1 Å². The Kier molecular flexibility index (Phi) is 3.98. The van der Waals surface area contributed by atoms with Crippen LogP contribution in [0.4, 0.5) is 0 Å². The Morgan fingerprint density at radius 3 is 0.833 bits per heavy atom. The summed E-state index contributed by atoms with van der Waals surface area (Å²) in [5.74, 6) is 0. The highest BCUT2D eigenvalue weighted by molar-refractivity contribution is 4.75. The van der Waals surface area contributed by atoms with Crippen molar-refractivity contribution in [2.24, 2.45) is 17.2 Å².